The molecule has 1 saturated heterocycles. The van der Waals surface area contributed by atoms with Crippen molar-refractivity contribution in [3.8, 4) is 6.07 Å². The van der Waals surface area contributed by atoms with Gasteiger partial charge in [0.25, 0.3) is 0 Å². The number of nitrogens with zero attached hydrogens (tertiary/aromatic N) is 1. The fraction of sp³-hybridized carbons (Fsp3) is 0.750. The molecule has 0 saturated carbocycles. The number of rotatable bonds is 6. The van der Waals surface area contributed by atoms with Crippen LogP contribution in [0.5, 0.6) is 0 Å². The van der Waals surface area contributed by atoms with Gasteiger partial charge in [-0.3, -0.25) is 0 Å². The first-order chi connectivity index (χ1) is 8.04. The van der Waals surface area contributed by atoms with E-state index in [4.69, 9.17) is 24.2 Å². The van der Waals surface area contributed by atoms with E-state index >= 15 is 0 Å². The summed E-state index contributed by atoms with van der Waals surface area (Å²) in [5.41, 5.74) is 0. The van der Waals surface area contributed by atoms with Crippen LogP contribution in [0.4, 0.5) is 0 Å². The molecule has 1 rings (SSSR count). The van der Waals surface area contributed by atoms with Gasteiger partial charge in [0, 0.05) is 7.11 Å². The molecule has 3 unspecified atom stereocenters. The van der Waals surface area contributed by atoms with Crippen molar-refractivity contribution < 1.29 is 18.9 Å². The minimum Gasteiger partial charge on any atom is -0.359 e. The first kappa shape index (κ1) is 14.1. The molecule has 1 fully saturated rings. The molecule has 0 bridgehead atoms. The monoisotopic (exact) mass is 241 g/mol. The molecule has 96 valence electrons. The maximum Gasteiger partial charge on any atom is 0.164 e. The molecule has 5 nitrogen and oxygen atoms in total. The van der Waals surface area contributed by atoms with Gasteiger partial charge >= 0.3 is 0 Å². The Hall–Kier alpha value is -0.930. The third-order valence-electron chi connectivity index (χ3n) is 2.45. The number of hydrogen-bond donors (Lipinski definition) is 0. The Morgan fingerprint density at radius 3 is 2.76 bits per heavy atom. The molecule has 0 aliphatic carbocycles. The summed E-state index contributed by atoms with van der Waals surface area (Å²) in [6.07, 6.45) is 0.889. The van der Waals surface area contributed by atoms with Gasteiger partial charge in [-0.05, 0) is 13.8 Å². The Kier molecular flexibility index (Phi) is 5.09. The Morgan fingerprint density at radius 2 is 2.24 bits per heavy atom. The highest BCUT2D eigenvalue weighted by atomic mass is 16.8. The summed E-state index contributed by atoms with van der Waals surface area (Å²) in [6.45, 7) is 7.47. The van der Waals surface area contributed by atoms with E-state index in [0.717, 1.165) is 0 Å². The van der Waals surface area contributed by atoms with Gasteiger partial charge < -0.3 is 18.9 Å². The third-order valence-corrected chi connectivity index (χ3v) is 2.45. The Labute approximate surface area is 102 Å². The van der Waals surface area contributed by atoms with Crippen LogP contribution in [0.2, 0.25) is 0 Å². The molecule has 0 radical (unpaired) electrons. The molecule has 3 atom stereocenters. The normalized spacial score (nSPS) is 28.6. The minimum absolute atomic E-state index is 0.122. The second-order valence-electron chi connectivity index (χ2n) is 4.27. The lowest BCUT2D eigenvalue weighted by atomic mass is 10.1. The first-order valence-electron chi connectivity index (χ1n) is 5.49. The molecule has 0 aromatic heterocycles. The van der Waals surface area contributed by atoms with Crippen molar-refractivity contribution in [3.05, 3.63) is 12.7 Å². The fourth-order valence-corrected chi connectivity index (χ4v) is 1.80. The first-order valence-corrected chi connectivity index (χ1v) is 5.49. The lowest BCUT2D eigenvalue weighted by molar-refractivity contribution is -0.168. The maximum absolute atomic E-state index is 8.79. The molecule has 1 heterocycles. The van der Waals surface area contributed by atoms with Crippen LogP contribution in [0, 0.1) is 11.3 Å². The topological polar surface area (TPSA) is 60.7 Å². The van der Waals surface area contributed by atoms with Gasteiger partial charge in [-0.2, -0.15) is 5.26 Å². The van der Waals surface area contributed by atoms with E-state index in [1.54, 1.807) is 6.08 Å². The predicted molar refractivity (Wildman–Crippen MR) is 61.0 cm³/mol. The van der Waals surface area contributed by atoms with Crippen LogP contribution in [0.15, 0.2) is 12.7 Å². The van der Waals surface area contributed by atoms with Crippen LogP contribution in [-0.2, 0) is 18.9 Å². The van der Waals surface area contributed by atoms with Gasteiger partial charge in [0.1, 0.15) is 25.1 Å². The fourth-order valence-electron chi connectivity index (χ4n) is 1.80. The summed E-state index contributed by atoms with van der Waals surface area (Å²) in [5, 5.41) is 8.79. The SMILES string of the molecule is C=CC1OC(C)(C)OC1C(CC#N)OCOC. The lowest BCUT2D eigenvalue weighted by Crippen LogP contribution is -2.36. The van der Waals surface area contributed by atoms with Crippen molar-refractivity contribution >= 4 is 0 Å². The van der Waals surface area contributed by atoms with Crippen LogP contribution >= 0.6 is 0 Å². The summed E-state index contributed by atoms with van der Waals surface area (Å²) in [5.74, 6) is -0.687. The molecular formula is C12H19NO4. The van der Waals surface area contributed by atoms with E-state index in [1.165, 1.54) is 7.11 Å². The second-order valence-corrected chi connectivity index (χ2v) is 4.27. The number of methoxy groups -OCH3 is 1. The third kappa shape index (κ3) is 3.79. The zero-order valence-corrected chi connectivity index (χ0v) is 10.5. The van der Waals surface area contributed by atoms with Gasteiger partial charge in [0.15, 0.2) is 5.79 Å². The van der Waals surface area contributed by atoms with E-state index in [0.29, 0.717) is 0 Å². The second kappa shape index (κ2) is 6.12. The number of ether oxygens (including phenoxy) is 4. The summed E-state index contributed by atoms with van der Waals surface area (Å²) in [4.78, 5) is 0. The highest BCUT2D eigenvalue weighted by Gasteiger charge is 2.44. The Morgan fingerprint density at radius 1 is 1.53 bits per heavy atom. The predicted octanol–water partition coefficient (Wildman–Crippen LogP) is 1.60. The van der Waals surface area contributed by atoms with Crippen molar-refractivity contribution in [2.45, 2.75) is 44.4 Å². The van der Waals surface area contributed by atoms with Gasteiger partial charge in [0.2, 0.25) is 0 Å². The molecule has 1 aliphatic heterocycles. The molecule has 0 aromatic carbocycles. The van der Waals surface area contributed by atoms with Crippen molar-refractivity contribution in [1.29, 1.82) is 5.26 Å². The zero-order valence-electron chi connectivity index (χ0n) is 10.5. The molecule has 1 aliphatic rings. The molecule has 0 aromatic rings. The summed E-state index contributed by atoms with van der Waals surface area (Å²) >= 11 is 0. The summed E-state index contributed by atoms with van der Waals surface area (Å²) < 4.78 is 21.7. The van der Waals surface area contributed by atoms with E-state index in [-0.39, 0.29) is 31.5 Å². The smallest absolute Gasteiger partial charge is 0.164 e. The number of hydrogen-bond acceptors (Lipinski definition) is 5. The lowest BCUT2D eigenvalue weighted by Gasteiger charge is -2.23. The van der Waals surface area contributed by atoms with Crippen LogP contribution in [0.25, 0.3) is 0 Å². The van der Waals surface area contributed by atoms with Gasteiger partial charge in [-0.25, -0.2) is 0 Å². The van der Waals surface area contributed by atoms with Gasteiger partial charge in [0.05, 0.1) is 12.5 Å². The average molecular weight is 241 g/mol. The average Bonchev–Trinajstić information content (AvgIpc) is 2.60. The molecule has 5 heteroatoms. The van der Waals surface area contributed by atoms with Crippen LogP contribution in [0.1, 0.15) is 20.3 Å². The quantitative estimate of drug-likeness (QED) is 0.522. The molecule has 0 amide bonds. The largest absolute Gasteiger partial charge is 0.359 e. The summed E-state index contributed by atoms with van der Waals surface area (Å²) in [7, 11) is 1.53. The van der Waals surface area contributed by atoms with Crippen molar-refractivity contribution in [2.75, 3.05) is 13.9 Å². The van der Waals surface area contributed by atoms with Gasteiger partial charge in [-0.15, -0.1) is 6.58 Å². The maximum atomic E-state index is 8.79. The Bertz CT molecular complexity index is 297. The minimum atomic E-state index is -0.687. The number of nitriles is 1. The van der Waals surface area contributed by atoms with Crippen LogP contribution in [0.3, 0.4) is 0 Å². The van der Waals surface area contributed by atoms with E-state index in [9.17, 15) is 0 Å². The standard InChI is InChI=1S/C12H19NO4/c1-5-9-11(17-12(2,3)16-9)10(6-7-13)15-8-14-4/h5,9-11H,1,6,8H2,2-4H3. The van der Waals surface area contributed by atoms with E-state index in [1.807, 2.05) is 13.8 Å². The Balaban J connectivity index is 2.71. The zero-order chi connectivity index (χ0) is 12.9. The molecule has 0 N–H and O–H groups in total. The highest BCUT2D eigenvalue weighted by Crippen LogP contribution is 2.32. The molecule has 17 heavy (non-hydrogen) atoms. The van der Waals surface area contributed by atoms with Crippen molar-refractivity contribution in [3.63, 3.8) is 0 Å². The van der Waals surface area contributed by atoms with E-state index in [2.05, 4.69) is 12.6 Å². The van der Waals surface area contributed by atoms with Crippen molar-refractivity contribution in [1.82, 2.24) is 0 Å². The van der Waals surface area contributed by atoms with Gasteiger partial charge in [-0.1, -0.05) is 6.08 Å². The molecule has 0 spiro atoms. The van der Waals surface area contributed by atoms with E-state index < -0.39 is 5.79 Å². The molecular weight excluding hydrogens is 222 g/mol. The van der Waals surface area contributed by atoms with Crippen molar-refractivity contribution in [2.24, 2.45) is 0 Å². The van der Waals surface area contributed by atoms with Crippen LogP contribution < -0.4 is 0 Å². The highest BCUT2D eigenvalue weighted by molar-refractivity contribution is 4.98. The van der Waals surface area contributed by atoms with Crippen LogP contribution in [-0.4, -0.2) is 38.0 Å². The summed E-state index contributed by atoms with van der Waals surface area (Å²) in [6, 6.07) is 2.08.